The van der Waals surface area contributed by atoms with Crippen LogP contribution in [-0.2, 0) is 9.59 Å². The Hall–Kier alpha value is -1.89. The van der Waals surface area contributed by atoms with E-state index in [2.05, 4.69) is 32.7 Å². The molecule has 2 saturated heterocycles. The second-order valence-corrected chi connectivity index (χ2v) is 8.51. The Kier molecular flexibility index (Phi) is 5.99. The molecule has 0 aromatic heterocycles. The molecule has 0 radical (unpaired) electrons. The van der Waals surface area contributed by atoms with Crippen LogP contribution in [0.1, 0.15) is 32.1 Å². The summed E-state index contributed by atoms with van der Waals surface area (Å²) in [6.45, 7) is 5.18. The second-order valence-electron chi connectivity index (χ2n) is 8.51. The maximum Gasteiger partial charge on any atom is 0.233 e. The number of nitrogens with one attached hydrogen (secondary N) is 2. The first-order valence-electron chi connectivity index (χ1n) is 10.9. The lowest BCUT2D eigenvalue weighted by Gasteiger charge is -2.21. The third-order valence-electron chi connectivity index (χ3n) is 6.83. The summed E-state index contributed by atoms with van der Waals surface area (Å²) in [4.78, 5) is 33.6. The predicted molar refractivity (Wildman–Crippen MR) is 109 cm³/mol. The third-order valence-corrected chi connectivity index (χ3v) is 6.83. The van der Waals surface area contributed by atoms with Crippen LogP contribution >= 0.6 is 0 Å². The fourth-order valence-corrected chi connectivity index (χ4v) is 5.38. The highest BCUT2D eigenvalue weighted by atomic mass is 16.2. The molecule has 4 rings (SSSR count). The zero-order valence-corrected chi connectivity index (χ0v) is 16.9. The fourth-order valence-electron chi connectivity index (χ4n) is 5.38. The molecule has 0 spiro atoms. The lowest BCUT2D eigenvalue weighted by molar-refractivity contribution is -0.140. The van der Waals surface area contributed by atoms with Gasteiger partial charge in [0.25, 0.3) is 0 Å². The first-order valence-corrected chi connectivity index (χ1v) is 10.9. The van der Waals surface area contributed by atoms with Crippen LogP contribution in [0.3, 0.4) is 0 Å². The normalized spacial score (nSPS) is 32.8. The highest BCUT2D eigenvalue weighted by Gasteiger charge is 2.58. The maximum absolute atomic E-state index is 12.7. The Morgan fingerprint density at radius 2 is 1.54 bits per heavy atom. The van der Waals surface area contributed by atoms with Crippen molar-refractivity contribution in [3.63, 3.8) is 0 Å². The van der Waals surface area contributed by atoms with Crippen LogP contribution in [0.5, 0.6) is 0 Å². The van der Waals surface area contributed by atoms with Crippen LogP contribution in [0.2, 0.25) is 0 Å². The van der Waals surface area contributed by atoms with Gasteiger partial charge >= 0.3 is 0 Å². The minimum absolute atomic E-state index is 0.0257. The van der Waals surface area contributed by atoms with Gasteiger partial charge in [0.05, 0.1) is 11.8 Å². The molecule has 28 heavy (non-hydrogen) atoms. The summed E-state index contributed by atoms with van der Waals surface area (Å²) < 4.78 is 0. The quantitative estimate of drug-likeness (QED) is 0.306. The number of amides is 2. The lowest BCUT2D eigenvalue weighted by Crippen LogP contribution is -2.45. The summed E-state index contributed by atoms with van der Waals surface area (Å²) in [5.74, 6) is 1.13. The Balaban J connectivity index is 1.19. The maximum atomic E-state index is 12.7. The molecular formula is C21H33N5O2. The van der Waals surface area contributed by atoms with Crippen molar-refractivity contribution in [2.24, 2.45) is 28.7 Å². The average molecular weight is 388 g/mol. The van der Waals surface area contributed by atoms with E-state index in [1.165, 1.54) is 43.7 Å². The molecule has 7 heteroatoms. The number of carbonyl (C=O) groups is 2. The third kappa shape index (κ3) is 3.81. The predicted octanol–water partition coefficient (Wildman–Crippen LogP) is 0.835. The van der Waals surface area contributed by atoms with E-state index in [0.29, 0.717) is 13.1 Å². The Bertz CT molecular complexity index is 623. The number of carbonyl (C=O) groups excluding carboxylic acids is 2. The summed E-state index contributed by atoms with van der Waals surface area (Å²) in [6.07, 6.45) is 10.5. The number of rotatable bonds is 6. The molecule has 0 aromatic rings. The molecule has 2 aliphatic carbocycles. The monoisotopic (exact) mass is 387 g/mol. The van der Waals surface area contributed by atoms with Crippen LogP contribution in [0.15, 0.2) is 17.1 Å². The summed E-state index contributed by atoms with van der Waals surface area (Å²) in [5.41, 5.74) is 0. The van der Waals surface area contributed by atoms with Gasteiger partial charge in [0, 0.05) is 33.2 Å². The van der Waals surface area contributed by atoms with E-state index in [-0.39, 0.29) is 35.5 Å². The molecule has 4 atom stereocenters. The van der Waals surface area contributed by atoms with E-state index in [9.17, 15) is 9.59 Å². The molecule has 3 fully saturated rings. The smallest absolute Gasteiger partial charge is 0.233 e. The van der Waals surface area contributed by atoms with E-state index in [1.54, 1.807) is 7.05 Å². The van der Waals surface area contributed by atoms with Crippen molar-refractivity contribution in [2.75, 3.05) is 46.3 Å². The van der Waals surface area contributed by atoms with Gasteiger partial charge in [-0.05, 0) is 44.2 Å². The molecule has 154 valence electrons. The van der Waals surface area contributed by atoms with Crippen molar-refractivity contribution < 1.29 is 9.59 Å². The summed E-state index contributed by atoms with van der Waals surface area (Å²) in [7, 11) is 1.75. The van der Waals surface area contributed by atoms with Gasteiger partial charge in [0.2, 0.25) is 11.8 Å². The van der Waals surface area contributed by atoms with E-state index in [0.717, 1.165) is 25.5 Å². The zero-order valence-electron chi connectivity index (χ0n) is 16.9. The van der Waals surface area contributed by atoms with Crippen LogP contribution < -0.4 is 10.6 Å². The van der Waals surface area contributed by atoms with Crippen molar-refractivity contribution in [1.29, 1.82) is 0 Å². The minimum atomic E-state index is -0.103. The number of imide groups is 1. The van der Waals surface area contributed by atoms with Crippen LogP contribution in [0, 0.1) is 23.7 Å². The van der Waals surface area contributed by atoms with Gasteiger partial charge in [-0.3, -0.25) is 19.5 Å². The zero-order chi connectivity index (χ0) is 19.5. The molecule has 4 aliphatic rings. The second kappa shape index (κ2) is 8.64. The van der Waals surface area contributed by atoms with Gasteiger partial charge in [-0.1, -0.05) is 25.0 Å². The van der Waals surface area contributed by atoms with Gasteiger partial charge < -0.3 is 15.5 Å². The van der Waals surface area contributed by atoms with Crippen LogP contribution in [-0.4, -0.2) is 73.9 Å². The van der Waals surface area contributed by atoms with Crippen molar-refractivity contribution in [2.45, 2.75) is 32.1 Å². The number of aliphatic imine (C=N–C) groups is 1. The highest BCUT2D eigenvalue weighted by Crippen LogP contribution is 2.52. The first-order chi connectivity index (χ1) is 13.7. The lowest BCUT2D eigenvalue weighted by atomic mass is 9.85. The molecule has 0 aromatic carbocycles. The average Bonchev–Trinajstić information content (AvgIpc) is 3.30. The van der Waals surface area contributed by atoms with E-state index in [1.807, 2.05) is 0 Å². The van der Waals surface area contributed by atoms with Crippen molar-refractivity contribution in [3.8, 4) is 0 Å². The summed E-state index contributed by atoms with van der Waals surface area (Å²) in [5, 5.41) is 6.60. The largest absolute Gasteiger partial charge is 0.355 e. The first kappa shape index (κ1) is 19.4. The topological polar surface area (TPSA) is 77.0 Å². The highest BCUT2D eigenvalue weighted by molar-refractivity contribution is 6.06. The van der Waals surface area contributed by atoms with Gasteiger partial charge in [-0.2, -0.15) is 0 Å². The van der Waals surface area contributed by atoms with Crippen molar-refractivity contribution in [3.05, 3.63) is 12.2 Å². The number of fused-ring (bicyclic) bond motifs is 5. The Morgan fingerprint density at radius 1 is 0.964 bits per heavy atom. The number of allylic oxidation sites excluding steroid dienone is 2. The molecule has 4 unspecified atom stereocenters. The van der Waals surface area contributed by atoms with Crippen molar-refractivity contribution >= 4 is 17.8 Å². The standard InChI is InChI=1S/C21H33N5O2/c1-22-21(23-8-12-25-10-4-2-3-5-11-25)24-9-13-26-19(27)17-15-6-7-16(14-15)18(17)20(26)28/h6-7,15-18H,2-5,8-14H2,1H3,(H2,22,23,24). The fraction of sp³-hybridized carbons (Fsp3) is 0.762. The summed E-state index contributed by atoms with van der Waals surface area (Å²) >= 11 is 0. The molecule has 2 heterocycles. The molecule has 1 saturated carbocycles. The summed E-state index contributed by atoms with van der Waals surface area (Å²) in [6, 6.07) is 0. The molecule has 2 amide bonds. The van der Waals surface area contributed by atoms with Crippen LogP contribution in [0.25, 0.3) is 0 Å². The van der Waals surface area contributed by atoms with E-state index < -0.39 is 0 Å². The van der Waals surface area contributed by atoms with Crippen LogP contribution in [0.4, 0.5) is 0 Å². The van der Waals surface area contributed by atoms with E-state index >= 15 is 0 Å². The molecule has 2 bridgehead atoms. The molecule has 2 N–H and O–H groups in total. The van der Waals surface area contributed by atoms with Gasteiger partial charge in [-0.15, -0.1) is 0 Å². The van der Waals surface area contributed by atoms with Gasteiger partial charge in [-0.25, -0.2) is 0 Å². The Labute approximate surface area is 167 Å². The van der Waals surface area contributed by atoms with Crippen molar-refractivity contribution in [1.82, 2.24) is 20.4 Å². The minimum Gasteiger partial charge on any atom is -0.355 e. The number of guanidine groups is 1. The Morgan fingerprint density at radius 3 is 2.11 bits per heavy atom. The van der Waals surface area contributed by atoms with E-state index in [4.69, 9.17) is 0 Å². The molecule has 7 nitrogen and oxygen atoms in total. The number of hydrogen-bond donors (Lipinski definition) is 2. The van der Waals surface area contributed by atoms with Gasteiger partial charge in [0.1, 0.15) is 0 Å². The molecular weight excluding hydrogens is 354 g/mol. The molecule has 2 aliphatic heterocycles. The van der Waals surface area contributed by atoms with Gasteiger partial charge in [0.15, 0.2) is 5.96 Å². The number of nitrogens with zero attached hydrogens (tertiary/aromatic N) is 3. The number of likely N-dealkylation sites (tertiary alicyclic amines) is 2. The number of hydrogen-bond acceptors (Lipinski definition) is 4. The SMILES string of the molecule is CN=C(NCCN1CCCCCC1)NCCN1C(=O)C2C3C=CC(C3)C2C1=O.